The Kier molecular flexibility index (Phi) is 6.08. The quantitative estimate of drug-likeness (QED) is 0.596. The summed E-state index contributed by atoms with van der Waals surface area (Å²) in [6.07, 6.45) is 0.0514. The van der Waals surface area contributed by atoms with E-state index in [1.54, 1.807) is 6.26 Å². The summed E-state index contributed by atoms with van der Waals surface area (Å²) in [6, 6.07) is 7.80. The predicted molar refractivity (Wildman–Crippen MR) is 91.8 cm³/mol. The van der Waals surface area contributed by atoms with Crippen LogP contribution in [0.5, 0.6) is 5.88 Å². The Balaban J connectivity index is 2.21. The molecule has 0 saturated carbocycles. The fourth-order valence-electron chi connectivity index (χ4n) is 1.94. The highest BCUT2D eigenvalue weighted by Crippen LogP contribution is 2.31. The maximum atomic E-state index is 12.8. The van der Waals surface area contributed by atoms with Crippen molar-refractivity contribution in [2.24, 2.45) is 0 Å². The number of rotatable bonds is 6. The molecule has 2 rings (SSSR count). The number of halogens is 3. The Bertz CT molecular complexity index is 791. The van der Waals surface area contributed by atoms with E-state index >= 15 is 0 Å². The molecule has 0 aliphatic carbocycles. The minimum Gasteiger partial charge on any atom is -0.481 e. The normalized spacial score (nSPS) is 12.0. The number of hydrogen-bond donors (Lipinski definition) is 1. The zero-order chi connectivity index (χ0) is 18.4. The second kappa shape index (κ2) is 8.06. The summed E-state index contributed by atoms with van der Waals surface area (Å²) in [4.78, 5) is 16.2. The van der Waals surface area contributed by atoms with Gasteiger partial charge in [-0.25, -0.2) is 4.98 Å². The van der Waals surface area contributed by atoms with Crippen LogP contribution < -0.4 is 10.1 Å². The highest BCUT2D eigenvalue weighted by Gasteiger charge is 2.30. The van der Waals surface area contributed by atoms with Crippen molar-refractivity contribution in [2.45, 2.75) is 6.18 Å². The van der Waals surface area contributed by atoms with Gasteiger partial charge in [0, 0.05) is 29.6 Å². The molecule has 0 fully saturated rings. The second-order valence-corrected chi connectivity index (χ2v) is 5.72. The molecule has 8 heteroatoms. The first-order valence-corrected chi connectivity index (χ1v) is 8.30. The smallest absolute Gasteiger partial charge is 0.416 e. The molecule has 4 nitrogen and oxygen atoms in total. The van der Waals surface area contributed by atoms with Crippen LogP contribution in [0.1, 0.15) is 15.9 Å². The van der Waals surface area contributed by atoms with Crippen molar-refractivity contribution < 1.29 is 22.7 Å². The summed E-state index contributed by atoms with van der Waals surface area (Å²) in [7, 11) is 1.44. The molecule has 25 heavy (non-hydrogen) atoms. The Hall–Kier alpha value is -2.48. The van der Waals surface area contributed by atoms with Gasteiger partial charge in [0.05, 0.1) is 17.7 Å². The number of aromatic nitrogens is 1. The third-order valence-electron chi connectivity index (χ3n) is 3.17. The van der Waals surface area contributed by atoms with E-state index in [9.17, 15) is 18.0 Å². The lowest BCUT2D eigenvalue weighted by atomic mass is 10.1. The minimum atomic E-state index is -4.43. The average molecular weight is 368 g/mol. The van der Waals surface area contributed by atoms with E-state index < -0.39 is 11.7 Å². The molecule has 1 N–H and O–H groups in total. The summed E-state index contributed by atoms with van der Waals surface area (Å²) in [6.45, 7) is 0. The molecule has 0 saturated heterocycles. The van der Waals surface area contributed by atoms with Gasteiger partial charge in [0.15, 0.2) is 5.78 Å². The Morgan fingerprint density at radius 3 is 2.68 bits per heavy atom. The number of ether oxygens (including phenoxy) is 1. The number of nitrogens with one attached hydrogen (secondary N) is 1. The van der Waals surface area contributed by atoms with Crippen LogP contribution in [-0.2, 0) is 6.18 Å². The van der Waals surface area contributed by atoms with Crippen LogP contribution in [0.25, 0.3) is 0 Å². The van der Waals surface area contributed by atoms with Crippen molar-refractivity contribution in [3.05, 3.63) is 64.8 Å². The van der Waals surface area contributed by atoms with Crippen LogP contribution in [0.4, 0.5) is 18.9 Å². The van der Waals surface area contributed by atoms with Gasteiger partial charge in [0.2, 0.25) is 5.88 Å². The van der Waals surface area contributed by atoms with E-state index in [2.05, 4.69) is 10.3 Å². The van der Waals surface area contributed by atoms with E-state index in [4.69, 9.17) is 4.74 Å². The fraction of sp³-hybridized carbons (Fsp3) is 0.176. The van der Waals surface area contributed by atoms with Gasteiger partial charge in [-0.3, -0.25) is 4.79 Å². The molecule has 0 aliphatic heterocycles. The van der Waals surface area contributed by atoms with Gasteiger partial charge in [-0.2, -0.15) is 13.2 Å². The molecule has 2 aromatic rings. The number of thioether (sulfide) groups is 1. The SMILES string of the molecule is COc1cc(C(=O)/C=C(/Nc2cccc(C(F)(F)F)c2)SC)ccn1. The van der Waals surface area contributed by atoms with Crippen LogP contribution >= 0.6 is 11.8 Å². The van der Waals surface area contributed by atoms with Crippen molar-refractivity contribution in [3.8, 4) is 5.88 Å². The summed E-state index contributed by atoms with van der Waals surface area (Å²) in [5.41, 5.74) is -0.150. The number of anilines is 1. The molecule has 0 unspecified atom stereocenters. The number of carbonyl (C=O) groups excluding carboxylic acids is 1. The van der Waals surface area contributed by atoms with E-state index in [0.29, 0.717) is 16.5 Å². The number of alkyl halides is 3. The molecule has 0 radical (unpaired) electrons. The Labute approximate surface area is 147 Å². The lowest BCUT2D eigenvalue weighted by Gasteiger charge is -2.12. The van der Waals surface area contributed by atoms with Crippen LogP contribution in [0.2, 0.25) is 0 Å². The van der Waals surface area contributed by atoms with E-state index in [-0.39, 0.29) is 11.5 Å². The summed E-state index contributed by atoms with van der Waals surface area (Å²) in [5.74, 6) is -0.0136. The standard InChI is InChI=1S/C17H15F3N2O2S/c1-24-15-8-11(6-7-21-15)14(23)10-16(25-2)22-13-5-3-4-12(9-13)17(18,19)20/h3-10,22H,1-2H3/b16-10-. The average Bonchev–Trinajstić information content (AvgIpc) is 2.60. The zero-order valence-corrected chi connectivity index (χ0v) is 14.2. The lowest BCUT2D eigenvalue weighted by molar-refractivity contribution is -0.137. The van der Waals surface area contributed by atoms with Crippen LogP contribution in [0.3, 0.4) is 0 Å². The number of allylic oxidation sites excluding steroid dienone is 1. The summed E-state index contributed by atoms with van der Waals surface area (Å²) >= 11 is 1.21. The maximum Gasteiger partial charge on any atom is 0.416 e. The minimum absolute atomic E-state index is 0.246. The number of methoxy groups -OCH3 is 1. The highest BCUT2D eigenvalue weighted by molar-refractivity contribution is 8.02. The number of ketones is 1. The van der Waals surface area contributed by atoms with Gasteiger partial charge in [0.25, 0.3) is 0 Å². The van der Waals surface area contributed by atoms with Crippen molar-refractivity contribution in [2.75, 3.05) is 18.7 Å². The largest absolute Gasteiger partial charge is 0.481 e. The highest BCUT2D eigenvalue weighted by atomic mass is 32.2. The third-order valence-corrected chi connectivity index (χ3v) is 3.83. The topological polar surface area (TPSA) is 51.2 Å². The van der Waals surface area contributed by atoms with Gasteiger partial charge in [-0.1, -0.05) is 6.07 Å². The third kappa shape index (κ3) is 5.25. The Morgan fingerprint density at radius 2 is 2.04 bits per heavy atom. The predicted octanol–water partition coefficient (Wildman–Crippen LogP) is 4.61. The van der Waals surface area contributed by atoms with Gasteiger partial charge in [-0.05, 0) is 30.5 Å². The summed E-state index contributed by atoms with van der Waals surface area (Å²) < 4.78 is 43.3. The molecular formula is C17H15F3N2O2S. The molecule has 1 heterocycles. The van der Waals surface area contributed by atoms with Crippen LogP contribution in [-0.4, -0.2) is 24.1 Å². The Morgan fingerprint density at radius 1 is 1.28 bits per heavy atom. The molecule has 0 atom stereocenters. The number of carbonyl (C=O) groups is 1. The first-order valence-electron chi connectivity index (χ1n) is 7.08. The molecule has 132 valence electrons. The number of pyridine rings is 1. The van der Waals surface area contributed by atoms with Crippen molar-refractivity contribution in [1.82, 2.24) is 4.98 Å². The second-order valence-electron chi connectivity index (χ2n) is 4.87. The molecule has 0 bridgehead atoms. The zero-order valence-electron chi connectivity index (χ0n) is 13.4. The number of nitrogens with zero attached hydrogens (tertiary/aromatic N) is 1. The van der Waals surface area contributed by atoms with Crippen molar-refractivity contribution >= 4 is 23.2 Å². The number of hydrogen-bond acceptors (Lipinski definition) is 5. The first kappa shape index (κ1) is 18.9. The molecular weight excluding hydrogens is 353 g/mol. The van der Waals surface area contributed by atoms with Crippen LogP contribution in [0, 0.1) is 0 Å². The molecule has 0 aliphatic rings. The van der Waals surface area contributed by atoms with Gasteiger partial charge >= 0.3 is 6.18 Å². The fourth-order valence-corrected chi connectivity index (χ4v) is 2.38. The monoisotopic (exact) mass is 368 g/mol. The van der Waals surface area contributed by atoms with E-state index in [1.807, 2.05) is 0 Å². The van der Waals surface area contributed by atoms with Gasteiger partial charge in [-0.15, -0.1) is 11.8 Å². The molecule has 1 aromatic heterocycles. The van der Waals surface area contributed by atoms with E-state index in [0.717, 1.165) is 12.1 Å². The van der Waals surface area contributed by atoms with Crippen molar-refractivity contribution in [1.29, 1.82) is 0 Å². The lowest BCUT2D eigenvalue weighted by Crippen LogP contribution is -2.06. The maximum absolute atomic E-state index is 12.8. The molecule has 0 amide bonds. The first-order chi connectivity index (χ1) is 11.8. The number of benzene rings is 1. The van der Waals surface area contributed by atoms with Crippen LogP contribution in [0.15, 0.2) is 53.7 Å². The van der Waals surface area contributed by atoms with E-state index in [1.165, 1.54) is 55.4 Å². The van der Waals surface area contributed by atoms with Crippen molar-refractivity contribution in [3.63, 3.8) is 0 Å². The van der Waals surface area contributed by atoms with Gasteiger partial charge in [0.1, 0.15) is 0 Å². The molecule has 1 aromatic carbocycles. The molecule has 0 spiro atoms. The summed E-state index contributed by atoms with van der Waals surface area (Å²) in [5, 5.41) is 3.24. The van der Waals surface area contributed by atoms with Gasteiger partial charge < -0.3 is 10.1 Å².